The van der Waals surface area contributed by atoms with Gasteiger partial charge in [0.1, 0.15) is 5.60 Å². The maximum Gasteiger partial charge on any atom is 0.426 e. The molecular formula is C11H20N2O6. The summed E-state index contributed by atoms with van der Waals surface area (Å²) >= 11 is 0. The topological polar surface area (TPSA) is 105 Å². The van der Waals surface area contributed by atoms with E-state index < -0.39 is 30.2 Å². The number of hydrogen-bond acceptors (Lipinski definition) is 6. The number of rotatable bonds is 3. The van der Waals surface area contributed by atoms with Gasteiger partial charge in [0.15, 0.2) is 0 Å². The normalized spacial score (nSPS) is 10.6. The monoisotopic (exact) mass is 276 g/mol. The second-order valence-electron chi connectivity index (χ2n) is 4.51. The van der Waals surface area contributed by atoms with Gasteiger partial charge in [-0.25, -0.2) is 20.0 Å². The molecule has 0 aromatic carbocycles. The third kappa shape index (κ3) is 7.24. The molecule has 2 N–H and O–H groups in total. The molecular weight excluding hydrogens is 256 g/mol. The highest BCUT2D eigenvalue weighted by molar-refractivity contribution is 6.32. The van der Waals surface area contributed by atoms with Gasteiger partial charge in [-0.15, -0.1) is 0 Å². The van der Waals surface area contributed by atoms with Crippen LogP contribution in [0.1, 0.15) is 27.7 Å². The van der Waals surface area contributed by atoms with E-state index in [2.05, 4.69) is 10.2 Å². The minimum absolute atomic E-state index is 0.0317. The Balaban J connectivity index is 4.60. The van der Waals surface area contributed by atoms with Gasteiger partial charge in [0.25, 0.3) is 0 Å². The standard InChI is InChI=1S/C11H20N2O6/c1-5-18-9(16)8(15)13(6-7-14)12-10(17)19-11(2,3)4/h14H,5-7H2,1-4H3,(H,12,17). The maximum absolute atomic E-state index is 11.6. The Morgan fingerprint density at radius 2 is 1.84 bits per heavy atom. The van der Waals surface area contributed by atoms with Crippen LogP contribution in [0, 0.1) is 0 Å². The molecule has 8 heteroatoms. The smallest absolute Gasteiger partial charge is 0.426 e. The predicted molar refractivity (Wildman–Crippen MR) is 64.8 cm³/mol. The van der Waals surface area contributed by atoms with Gasteiger partial charge < -0.3 is 14.6 Å². The van der Waals surface area contributed by atoms with E-state index in [1.807, 2.05) is 0 Å². The van der Waals surface area contributed by atoms with Gasteiger partial charge in [0.05, 0.1) is 19.8 Å². The zero-order valence-corrected chi connectivity index (χ0v) is 11.6. The molecule has 0 aliphatic rings. The molecule has 0 aromatic heterocycles. The van der Waals surface area contributed by atoms with Gasteiger partial charge >= 0.3 is 18.0 Å². The quantitative estimate of drug-likeness (QED) is 0.420. The Labute approximate surface area is 111 Å². The van der Waals surface area contributed by atoms with E-state index in [0.29, 0.717) is 5.01 Å². The van der Waals surface area contributed by atoms with Crippen LogP contribution in [0.5, 0.6) is 0 Å². The van der Waals surface area contributed by atoms with Gasteiger partial charge in [0, 0.05) is 0 Å². The van der Waals surface area contributed by atoms with Gasteiger partial charge in [-0.1, -0.05) is 0 Å². The maximum atomic E-state index is 11.6. The Morgan fingerprint density at radius 3 is 2.26 bits per heavy atom. The number of carbonyl (C=O) groups is 3. The van der Waals surface area contributed by atoms with Gasteiger partial charge in [-0.05, 0) is 27.7 Å². The van der Waals surface area contributed by atoms with Crippen molar-refractivity contribution in [3.63, 3.8) is 0 Å². The molecule has 110 valence electrons. The molecule has 8 nitrogen and oxygen atoms in total. The second kappa shape index (κ2) is 7.57. The summed E-state index contributed by atoms with van der Waals surface area (Å²) < 4.78 is 9.44. The molecule has 0 saturated heterocycles. The summed E-state index contributed by atoms with van der Waals surface area (Å²) in [5, 5.41) is 9.45. The number of amides is 2. The fourth-order valence-corrected chi connectivity index (χ4v) is 1.02. The third-order valence-electron chi connectivity index (χ3n) is 1.64. The Kier molecular flexibility index (Phi) is 6.84. The van der Waals surface area contributed by atoms with Crippen LogP contribution in [-0.2, 0) is 19.1 Å². The Bertz CT molecular complexity index is 337. The SMILES string of the molecule is CCOC(=O)C(=O)N(CCO)NC(=O)OC(C)(C)C. The molecule has 0 unspecified atom stereocenters. The van der Waals surface area contributed by atoms with Crippen LogP contribution in [0.4, 0.5) is 4.79 Å². The van der Waals surface area contributed by atoms with Crippen molar-refractivity contribution in [3.8, 4) is 0 Å². The first-order chi connectivity index (χ1) is 8.71. The summed E-state index contributed by atoms with van der Waals surface area (Å²) in [6.45, 7) is 5.84. The zero-order chi connectivity index (χ0) is 15.1. The second-order valence-corrected chi connectivity index (χ2v) is 4.51. The average molecular weight is 276 g/mol. The number of ether oxygens (including phenoxy) is 2. The molecule has 0 aromatic rings. The molecule has 0 bridgehead atoms. The zero-order valence-electron chi connectivity index (χ0n) is 11.6. The first-order valence-electron chi connectivity index (χ1n) is 5.80. The van der Waals surface area contributed by atoms with E-state index in [-0.39, 0.29) is 13.2 Å². The minimum atomic E-state index is -1.12. The summed E-state index contributed by atoms with van der Waals surface area (Å²) in [6, 6.07) is 0. The van der Waals surface area contributed by atoms with Crippen LogP contribution in [0.25, 0.3) is 0 Å². The van der Waals surface area contributed by atoms with Crippen molar-refractivity contribution < 1.29 is 29.0 Å². The van der Waals surface area contributed by atoms with Gasteiger partial charge in [-0.3, -0.25) is 4.79 Å². The lowest BCUT2D eigenvalue weighted by Gasteiger charge is -2.24. The number of aliphatic hydroxyl groups is 1. The number of carbonyl (C=O) groups excluding carboxylic acids is 3. The lowest BCUT2D eigenvalue weighted by atomic mass is 10.2. The van der Waals surface area contributed by atoms with E-state index in [0.717, 1.165) is 0 Å². The number of hydrazine groups is 1. The van der Waals surface area contributed by atoms with Crippen LogP contribution in [-0.4, -0.2) is 53.4 Å². The Hall–Kier alpha value is -1.83. The molecule has 0 spiro atoms. The summed E-state index contributed by atoms with van der Waals surface area (Å²) in [4.78, 5) is 34.3. The van der Waals surface area contributed by atoms with Crippen LogP contribution < -0.4 is 5.43 Å². The van der Waals surface area contributed by atoms with Crippen LogP contribution in [0.15, 0.2) is 0 Å². The van der Waals surface area contributed by atoms with Crippen molar-refractivity contribution in [2.24, 2.45) is 0 Å². The van der Waals surface area contributed by atoms with Gasteiger partial charge in [0.2, 0.25) is 0 Å². The highest BCUT2D eigenvalue weighted by Crippen LogP contribution is 2.06. The van der Waals surface area contributed by atoms with Crippen molar-refractivity contribution in [2.75, 3.05) is 19.8 Å². The molecule has 0 atom stereocenters. The summed E-state index contributed by atoms with van der Waals surface area (Å²) in [7, 11) is 0. The van der Waals surface area contributed by atoms with Crippen LogP contribution in [0.3, 0.4) is 0 Å². The lowest BCUT2D eigenvalue weighted by Crippen LogP contribution is -2.51. The number of aliphatic hydroxyl groups excluding tert-OH is 1. The highest BCUT2D eigenvalue weighted by atomic mass is 16.6. The van der Waals surface area contributed by atoms with Crippen molar-refractivity contribution in [1.82, 2.24) is 10.4 Å². The van der Waals surface area contributed by atoms with Crippen LogP contribution >= 0.6 is 0 Å². The predicted octanol–water partition coefficient (Wildman–Crippen LogP) is -0.190. The fourth-order valence-electron chi connectivity index (χ4n) is 1.02. The number of nitrogens with one attached hydrogen (secondary N) is 1. The van der Waals surface area contributed by atoms with Gasteiger partial charge in [-0.2, -0.15) is 0 Å². The fraction of sp³-hybridized carbons (Fsp3) is 0.727. The third-order valence-corrected chi connectivity index (χ3v) is 1.64. The first-order valence-corrected chi connectivity index (χ1v) is 5.80. The van der Waals surface area contributed by atoms with Crippen LogP contribution in [0.2, 0.25) is 0 Å². The van der Waals surface area contributed by atoms with E-state index in [4.69, 9.17) is 9.84 Å². The largest absolute Gasteiger partial charge is 0.459 e. The van der Waals surface area contributed by atoms with E-state index in [1.54, 1.807) is 27.7 Å². The molecule has 0 radical (unpaired) electrons. The summed E-state index contributed by atoms with van der Waals surface area (Å²) in [5.41, 5.74) is 1.33. The highest BCUT2D eigenvalue weighted by Gasteiger charge is 2.26. The molecule has 0 rings (SSSR count). The molecule has 2 amide bonds. The van der Waals surface area contributed by atoms with E-state index in [1.165, 1.54) is 0 Å². The average Bonchev–Trinajstić information content (AvgIpc) is 2.25. The summed E-state index contributed by atoms with van der Waals surface area (Å²) in [5.74, 6) is -2.20. The molecule has 0 saturated carbocycles. The molecule has 0 heterocycles. The molecule has 0 aliphatic heterocycles. The van der Waals surface area contributed by atoms with Crippen molar-refractivity contribution >= 4 is 18.0 Å². The Morgan fingerprint density at radius 1 is 1.26 bits per heavy atom. The lowest BCUT2D eigenvalue weighted by molar-refractivity contribution is -0.161. The summed E-state index contributed by atoms with van der Waals surface area (Å²) in [6.07, 6.45) is -0.904. The van der Waals surface area contributed by atoms with Crippen molar-refractivity contribution in [3.05, 3.63) is 0 Å². The number of esters is 1. The van der Waals surface area contributed by atoms with E-state index >= 15 is 0 Å². The number of nitrogens with zero attached hydrogens (tertiary/aromatic N) is 1. The molecule has 0 aliphatic carbocycles. The first kappa shape index (κ1) is 17.2. The van der Waals surface area contributed by atoms with E-state index in [9.17, 15) is 14.4 Å². The van der Waals surface area contributed by atoms with Crippen molar-refractivity contribution in [1.29, 1.82) is 0 Å². The molecule has 0 fully saturated rings. The number of hydrogen-bond donors (Lipinski definition) is 2. The molecule has 19 heavy (non-hydrogen) atoms. The van der Waals surface area contributed by atoms with Crippen molar-refractivity contribution in [2.45, 2.75) is 33.3 Å². The minimum Gasteiger partial charge on any atom is -0.459 e.